The third-order valence-electron chi connectivity index (χ3n) is 3.04. The lowest BCUT2D eigenvalue weighted by Crippen LogP contribution is -2.11. The zero-order chi connectivity index (χ0) is 14.5. The van der Waals surface area contributed by atoms with Crippen LogP contribution in [0.5, 0.6) is 11.5 Å². The van der Waals surface area contributed by atoms with Crippen LogP contribution in [0.25, 0.3) is 0 Å². The molecule has 1 aromatic heterocycles. The summed E-state index contributed by atoms with van der Waals surface area (Å²) in [5.74, 6) is 2.32. The standard InChI is InChI=1S/C16H21NO3/c1-4-18-14-7-6-12(9-15(14)19-5-2)16(17)13-8-11(3)20-10-13/h6-10,16H,4-5,17H2,1-3H3. The van der Waals surface area contributed by atoms with Gasteiger partial charge in [0.05, 0.1) is 25.5 Å². The Hall–Kier alpha value is -1.94. The molecule has 4 heteroatoms. The van der Waals surface area contributed by atoms with Gasteiger partial charge in [-0.2, -0.15) is 0 Å². The van der Waals surface area contributed by atoms with Gasteiger partial charge in [0.25, 0.3) is 0 Å². The molecule has 0 spiro atoms. The Morgan fingerprint density at radius 2 is 1.75 bits per heavy atom. The van der Waals surface area contributed by atoms with Crippen LogP contribution in [0.15, 0.2) is 34.9 Å². The lowest BCUT2D eigenvalue weighted by molar-refractivity contribution is 0.287. The minimum atomic E-state index is -0.234. The maximum Gasteiger partial charge on any atom is 0.161 e. The molecule has 0 amide bonds. The largest absolute Gasteiger partial charge is 0.490 e. The summed E-state index contributed by atoms with van der Waals surface area (Å²) in [6.07, 6.45) is 1.69. The highest BCUT2D eigenvalue weighted by atomic mass is 16.5. The molecular weight excluding hydrogens is 254 g/mol. The lowest BCUT2D eigenvalue weighted by Gasteiger charge is -2.15. The Labute approximate surface area is 119 Å². The number of hydrogen-bond acceptors (Lipinski definition) is 4. The maximum absolute atomic E-state index is 6.26. The number of hydrogen-bond donors (Lipinski definition) is 1. The summed E-state index contributed by atoms with van der Waals surface area (Å²) >= 11 is 0. The van der Waals surface area contributed by atoms with Gasteiger partial charge in [-0.05, 0) is 44.5 Å². The summed E-state index contributed by atoms with van der Waals surface area (Å²) in [5, 5.41) is 0. The van der Waals surface area contributed by atoms with Crippen molar-refractivity contribution in [3.05, 3.63) is 47.4 Å². The molecule has 0 bridgehead atoms. The first-order valence-corrected chi connectivity index (χ1v) is 6.85. The third-order valence-corrected chi connectivity index (χ3v) is 3.04. The second-order valence-corrected chi connectivity index (χ2v) is 4.54. The van der Waals surface area contributed by atoms with Crippen LogP contribution in [-0.4, -0.2) is 13.2 Å². The van der Waals surface area contributed by atoms with Crippen molar-refractivity contribution in [2.24, 2.45) is 5.73 Å². The van der Waals surface area contributed by atoms with Gasteiger partial charge >= 0.3 is 0 Å². The van der Waals surface area contributed by atoms with Gasteiger partial charge in [0, 0.05) is 5.56 Å². The summed E-state index contributed by atoms with van der Waals surface area (Å²) in [6, 6.07) is 7.50. The first-order chi connectivity index (χ1) is 9.65. The van der Waals surface area contributed by atoms with Crippen LogP contribution >= 0.6 is 0 Å². The third kappa shape index (κ3) is 3.14. The van der Waals surface area contributed by atoms with Crippen molar-refractivity contribution in [1.82, 2.24) is 0 Å². The van der Waals surface area contributed by atoms with Crippen LogP contribution in [0.4, 0.5) is 0 Å². The first kappa shape index (κ1) is 14.5. The van der Waals surface area contributed by atoms with Gasteiger partial charge < -0.3 is 19.6 Å². The topological polar surface area (TPSA) is 57.6 Å². The van der Waals surface area contributed by atoms with Gasteiger partial charge in [-0.1, -0.05) is 6.07 Å². The highest BCUT2D eigenvalue weighted by Gasteiger charge is 2.14. The Morgan fingerprint density at radius 3 is 2.35 bits per heavy atom. The normalized spacial score (nSPS) is 12.2. The first-order valence-electron chi connectivity index (χ1n) is 6.85. The van der Waals surface area contributed by atoms with Crippen LogP contribution < -0.4 is 15.2 Å². The molecule has 0 aliphatic rings. The van der Waals surface area contributed by atoms with E-state index in [1.54, 1.807) is 6.26 Å². The van der Waals surface area contributed by atoms with Crippen LogP contribution in [0, 0.1) is 6.92 Å². The van der Waals surface area contributed by atoms with Gasteiger partial charge in [0.2, 0.25) is 0 Å². The predicted octanol–water partition coefficient (Wildman–Crippen LogP) is 3.43. The molecule has 2 rings (SSSR count). The van der Waals surface area contributed by atoms with E-state index in [0.717, 1.165) is 28.4 Å². The maximum atomic E-state index is 6.26. The van der Waals surface area contributed by atoms with E-state index < -0.39 is 0 Å². The second kappa shape index (κ2) is 6.48. The molecule has 0 saturated heterocycles. The van der Waals surface area contributed by atoms with Crippen molar-refractivity contribution in [1.29, 1.82) is 0 Å². The molecule has 0 aliphatic heterocycles. The number of ether oxygens (including phenoxy) is 2. The van der Waals surface area contributed by atoms with Gasteiger partial charge in [-0.25, -0.2) is 0 Å². The highest BCUT2D eigenvalue weighted by molar-refractivity contribution is 5.45. The molecule has 0 aliphatic carbocycles. The Morgan fingerprint density at radius 1 is 1.05 bits per heavy atom. The fourth-order valence-corrected chi connectivity index (χ4v) is 2.08. The molecule has 108 valence electrons. The molecule has 2 aromatic rings. The lowest BCUT2D eigenvalue weighted by atomic mass is 10.0. The molecule has 0 fully saturated rings. The fourth-order valence-electron chi connectivity index (χ4n) is 2.08. The smallest absolute Gasteiger partial charge is 0.161 e. The average molecular weight is 275 g/mol. The summed E-state index contributed by atoms with van der Waals surface area (Å²) in [7, 11) is 0. The molecular formula is C16H21NO3. The second-order valence-electron chi connectivity index (χ2n) is 4.54. The van der Waals surface area contributed by atoms with Crippen molar-refractivity contribution in [2.75, 3.05) is 13.2 Å². The number of aryl methyl sites for hydroxylation is 1. The SMILES string of the molecule is CCOc1ccc(C(N)c2coc(C)c2)cc1OCC. The predicted molar refractivity (Wildman–Crippen MR) is 78.3 cm³/mol. The van der Waals surface area contributed by atoms with Gasteiger partial charge in [-0.15, -0.1) is 0 Å². The molecule has 0 radical (unpaired) electrons. The van der Waals surface area contributed by atoms with E-state index in [-0.39, 0.29) is 6.04 Å². The molecule has 1 unspecified atom stereocenters. The average Bonchev–Trinajstić information content (AvgIpc) is 2.87. The zero-order valence-corrected chi connectivity index (χ0v) is 12.2. The van der Waals surface area contributed by atoms with E-state index in [9.17, 15) is 0 Å². The quantitative estimate of drug-likeness (QED) is 0.877. The van der Waals surface area contributed by atoms with E-state index in [2.05, 4.69) is 0 Å². The molecule has 2 N–H and O–H groups in total. The highest BCUT2D eigenvalue weighted by Crippen LogP contribution is 2.32. The van der Waals surface area contributed by atoms with E-state index >= 15 is 0 Å². The molecule has 4 nitrogen and oxygen atoms in total. The van der Waals surface area contributed by atoms with Crippen LogP contribution in [0.2, 0.25) is 0 Å². The zero-order valence-electron chi connectivity index (χ0n) is 12.2. The number of rotatable bonds is 6. The van der Waals surface area contributed by atoms with Crippen molar-refractivity contribution in [2.45, 2.75) is 26.8 Å². The van der Waals surface area contributed by atoms with Crippen molar-refractivity contribution in [3.8, 4) is 11.5 Å². The van der Waals surface area contributed by atoms with Crippen molar-refractivity contribution >= 4 is 0 Å². The Bertz CT molecular complexity index is 563. The minimum absolute atomic E-state index is 0.234. The van der Waals surface area contributed by atoms with E-state index in [1.165, 1.54) is 0 Å². The van der Waals surface area contributed by atoms with Crippen LogP contribution in [0.3, 0.4) is 0 Å². The van der Waals surface area contributed by atoms with Crippen molar-refractivity contribution < 1.29 is 13.9 Å². The summed E-state index contributed by atoms with van der Waals surface area (Å²) < 4.78 is 16.5. The Balaban J connectivity index is 2.29. The van der Waals surface area contributed by atoms with E-state index in [4.69, 9.17) is 19.6 Å². The van der Waals surface area contributed by atoms with Gasteiger partial charge in [0.15, 0.2) is 11.5 Å². The summed E-state index contributed by atoms with van der Waals surface area (Å²) in [5.41, 5.74) is 8.19. The summed E-state index contributed by atoms with van der Waals surface area (Å²) in [6.45, 7) is 6.99. The number of benzene rings is 1. The van der Waals surface area contributed by atoms with Crippen LogP contribution in [-0.2, 0) is 0 Å². The monoisotopic (exact) mass is 275 g/mol. The number of furan rings is 1. The van der Waals surface area contributed by atoms with Gasteiger partial charge in [-0.3, -0.25) is 0 Å². The number of nitrogens with two attached hydrogens (primary N) is 1. The molecule has 1 aromatic carbocycles. The van der Waals surface area contributed by atoms with Gasteiger partial charge in [0.1, 0.15) is 5.76 Å². The summed E-state index contributed by atoms with van der Waals surface area (Å²) in [4.78, 5) is 0. The molecule has 1 heterocycles. The fraction of sp³-hybridized carbons (Fsp3) is 0.375. The van der Waals surface area contributed by atoms with E-state index in [0.29, 0.717) is 13.2 Å². The molecule has 20 heavy (non-hydrogen) atoms. The van der Waals surface area contributed by atoms with E-state index in [1.807, 2.05) is 45.0 Å². The molecule has 0 saturated carbocycles. The Kier molecular flexibility index (Phi) is 4.69. The van der Waals surface area contributed by atoms with Crippen molar-refractivity contribution in [3.63, 3.8) is 0 Å². The van der Waals surface area contributed by atoms with Crippen LogP contribution in [0.1, 0.15) is 36.8 Å². The minimum Gasteiger partial charge on any atom is -0.490 e. The molecule has 1 atom stereocenters.